The van der Waals surface area contributed by atoms with E-state index in [0.717, 1.165) is 5.76 Å². The molecule has 1 saturated heterocycles. The molecule has 1 atom stereocenters. The zero-order valence-corrected chi connectivity index (χ0v) is 6.79. The Bertz CT molecular complexity index is 213. The van der Waals surface area contributed by atoms with E-state index in [0.29, 0.717) is 6.04 Å². The predicted molar refractivity (Wildman–Crippen MR) is 43.3 cm³/mol. The standard InChI is InChI=1S/C9H13NO/c1-8(10-5-3-6-10)9-4-2-7-11-9/h2,4,7-8H,3,5-6H2,1H3. The summed E-state index contributed by atoms with van der Waals surface area (Å²) in [5, 5.41) is 0. The van der Waals surface area contributed by atoms with Crippen LogP contribution in [0.1, 0.15) is 25.1 Å². The summed E-state index contributed by atoms with van der Waals surface area (Å²) in [6.07, 6.45) is 3.08. The zero-order chi connectivity index (χ0) is 7.68. The van der Waals surface area contributed by atoms with Crippen LogP contribution in [0.5, 0.6) is 0 Å². The van der Waals surface area contributed by atoms with Crippen LogP contribution >= 0.6 is 0 Å². The van der Waals surface area contributed by atoms with Gasteiger partial charge in [0.1, 0.15) is 5.76 Å². The second kappa shape index (κ2) is 2.70. The van der Waals surface area contributed by atoms with Gasteiger partial charge in [-0.1, -0.05) is 0 Å². The minimum absolute atomic E-state index is 0.471. The van der Waals surface area contributed by atoms with Gasteiger partial charge < -0.3 is 4.42 Å². The number of hydrogen-bond acceptors (Lipinski definition) is 2. The molecule has 1 aliphatic rings. The quantitative estimate of drug-likeness (QED) is 0.643. The predicted octanol–water partition coefficient (Wildman–Crippen LogP) is 2.05. The molecule has 1 aromatic heterocycles. The Hall–Kier alpha value is -0.760. The third-order valence-corrected chi connectivity index (χ3v) is 2.39. The Morgan fingerprint density at radius 1 is 1.55 bits per heavy atom. The van der Waals surface area contributed by atoms with Crippen molar-refractivity contribution in [1.82, 2.24) is 4.90 Å². The smallest absolute Gasteiger partial charge is 0.120 e. The van der Waals surface area contributed by atoms with Crippen molar-refractivity contribution in [2.75, 3.05) is 13.1 Å². The fourth-order valence-corrected chi connectivity index (χ4v) is 1.44. The first-order valence-electron chi connectivity index (χ1n) is 4.15. The molecule has 60 valence electrons. The second-order valence-corrected chi connectivity index (χ2v) is 3.08. The van der Waals surface area contributed by atoms with E-state index >= 15 is 0 Å². The fraction of sp³-hybridized carbons (Fsp3) is 0.556. The lowest BCUT2D eigenvalue weighted by molar-refractivity contribution is 0.114. The Labute approximate surface area is 66.8 Å². The van der Waals surface area contributed by atoms with Crippen LogP contribution in [0.3, 0.4) is 0 Å². The maximum atomic E-state index is 5.31. The number of likely N-dealkylation sites (tertiary alicyclic amines) is 1. The molecule has 2 nitrogen and oxygen atoms in total. The third-order valence-electron chi connectivity index (χ3n) is 2.39. The van der Waals surface area contributed by atoms with Crippen molar-refractivity contribution in [1.29, 1.82) is 0 Å². The van der Waals surface area contributed by atoms with Crippen LogP contribution in [0.2, 0.25) is 0 Å². The van der Waals surface area contributed by atoms with Gasteiger partial charge >= 0.3 is 0 Å². The van der Waals surface area contributed by atoms with Gasteiger partial charge in [0, 0.05) is 13.1 Å². The van der Waals surface area contributed by atoms with Crippen LogP contribution in [0.4, 0.5) is 0 Å². The lowest BCUT2D eigenvalue weighted by atomic mass is 10.1. The molecule has 0 amide bonds. The molecule has 2 heteroatoms. The van der Waals surface area contributed by atoms with E-state index in [9.17, 15) is 0 Å². The summed E-state index contributed by atoms with van der Waals surface area (Å²) in [5.74, 6) is 1.09. The number of furan rings is 1. The molecule has 0 N–H and O–H groups in total. The molecule has 1 aliphatic heterocycles. The number of rotatable bonds is 2. The van der Waals surface area contributed by atoms with Crippen LogP contribution in [0.15, 0.2) is 22.8 Å². The van der Waals surface area contributed by atoms with Crippen molar-refractivity contribution in [3.8, 4) is 0 Å². The number of hydrogen-bond donors (Lipinski definition) is 0. The molecular weight excluding hydrogens is 138 g/mol. The molecule has 1 aromatic rings. The lowest BCUT2D eigenvalue weighted by Crippen LogP contribution is -2.38. The van der Waals surface area contributed by atoms with E-state index in [4.69, 9.17) is 4.42 Å². The van der Waals surface area contributed by atoms with Crippen molar-refractivity contribution < 1.29 is 4.42 Å². The second-order valence-electron chi connectivity index (χ2n) is 3.08. The van der Waals surface area contributed by atoms with Crippen LogP contribution in [-0.4, -0.2) is 18.0 Å². The van der Waals surface area contributed by atoms with Gasteiger partial charge in [0.05, 0.1) is 12.3 Å². The summed E-state index contributed by atoms with van der Waals surface area (Å²) >= 11 is 0. The maximum Gasteiger partial charge on any atom is 0.120 e. The molecule has 0 bridgehead atoms. The van der Waals surface area contributed by atoms with Crippen molar-refractivity contribution in [3.63, 3.8) is 0 Å². The average Bonchev–Trinajstić information content (AvgIpc) is 2.32. The fourth-order valence-electron chi connectivity index (χ4n) is 1.44. The molecule has 0 aliphatic carbocycles. The van der Waals surface area contributed by atoms with Crippen molar-refractivity contribution in [2.24, 2.45) is 0 Å². The van der Waals surface area contributed by atoms with Gasteiger partial charge in [-0.25, -0.2) is 0 Å². The SMILES string of the molecule is CC(c1ccco1)N1CCC1. The van der Waals surface area contributed by atoms with E-state index in [1.54, 1.807) is 6.26 Å². The molecule has 11 heavy (non-hydrogen) atoms. The van der Waals surface area contributed by atoms with Crippen LogP contribution in [-0.2, 0) is 0 Å². The molecule has 1 unspecified atom stereocenters. The highest BCUT2D eigenvalue weighted by Gasteiger charge is 2.22. The normalized spacial score (nSPS) is 21.2. The van der Waals surface area contributed by atoms with Gasteiger partial charge in [0.2, 0.25) is 0 Å². The van der Waals surface area contributed by atoms with Crippen molar-refractivity contribution >= 4 is 0 Å². The Kier molecular flexibility index (Phi) is 1.70. The van der Waals surface area contributed by atoms with Gasteiger partial charge in [-0.05, 0) is 25.5 Å². The van der Waals surface area contributed by atoms with E-state index in [1.807, 2.05) is 12.1 Å². The Morgan fingerprint density at radius 2 is 2.36 bits per heavy atom. The largest absolute Gasteiger partial charge is 0.468 e. The van der Waals surface area contributed by atoms with E-state index < -0.39 is 0 Å². The van der Waals surface area contributed by atoms with E-state index in [1.165, 1.54) is 19.5 Å². The molecule has 2 rings (SSSR count). The summed E-state index contributed by atoms with van der Waals surface area (Å²) in [4.78, 5) is 2.42. The lowest BCUT2D eigenvalue weighted by Gasteiger charge is -2.35. The highest BCUT2D eigenvalue weighted by Crippen LogP contribution is 2.24. The summed E-state index contributed by atoms with van der Waals surface area (Å²) in [6, 6.07) is 4.47. The first-order chi connectivity index (χ1) is 5.38. The first kappa shape index (κ1) is 6.92. The Morgan fingerprint density at radius 3 is 2.82 bits per heavy atom. The van der Waals surface area contributed by atoms with Crippen LogP contribution in [0.25, 0.3) is 0 Å². The third kappa shape index (κ3) is 1.18. The average molecular weight is 151 g/mol. The van der Waals surface area contributed by atoms with Gasteiger partial charge in [0.15, 0.2) is 0 Å². The van der Waals surface area contributed by atoms with Crippen molar-refractivity contribution in [3.05, 3.63) is 24.2 Å². The topological polar surface area (TPSA) is 16.4 Å². The van der Waals surface area contributed by atoms with E-state index in [-0.39, 0.29) is 0 Å². The summed E-state index contributed by atoms with van der Waals surface area (Å²) in [5.41, 5.74) is 0. The highest BCUT2D eigenvalue weighted by atomic mass is 16.3. The highest BCUT2D eigenvalue weighted by molar-refractivity contribution is 5.04. The Balaban J connectivity index is 2.04. The molecule has 0 aromatic carbocycles. The summed E-state index contributed by atoms with van der Waals surface area (Å²) in [6.45, 7) is 4.64. The minimum atomic E-state index is 0.471. The molecule has 0 radical (unpaired) electrons. The maximum absolute atomic E-state index is 5.31. The van der Waals surface area contributed by atoms with Gasteiger partial charge in [-0.15, -0.1) is 0 Å². The van der Waals surface area contributed by atoms with E-state index in [2.05, 4.69) is 11.8 Å². The van der Waals surface area contributed by atoms with Gasteiger partial charge in [0.25, 0.3) is 0 Å². The summed E-state index contributed by atoms with van der Waals surface area (Å²) < 4.78 is 5.31. The molecule has 0 saturated carbocycles. The first-order valence-corrected chi connectivity index (χ1v) is 4.15. The minimum Gasteiger partial charge on any atom is -0.468 e. The summed E-state index contributed by atoms with van der Waals surface area (Å²) in [7, 11) is 0. The van der Waals surface area contributed by atoms with Crippen LogP contribution < -0.4 is 0 Å². The van der Waals surface area contributed by atoms with Crippen molar-refractivity contribution in [2.45, 2.75) is 19.4 Å². The molecule has 0 spiro atoms. The number of nitrogens with zero attached hydrogens (tertiary/aromatic N) is 1. The molecule has 1 fully saturated rings. The molecule has 2 heterocycles. The van der Waals surface area contributed by atoms with Crippen LogP contribution in [0, 0.1) is 0 Å². The monoisotopic (exact) mass is 151 g/mol. The molecular formula is C9H13NO. The van der Waals surface area contributed by atoms with Gasteiger partial charge in [-0.3, -0.25) is 4.90 Å². The zero-order valence-electron chi connectivity index (χ0n) is 6.79. The van der Waals surface area contributed by atoms with Gasteiger partial charge in [-0.2, -0.15) is 0 Å².